The fourth-order valence-electron chi connectivity index (χ4n) is 4.38. The van der Waals surface area contributed by atoms with Crippen molar-refractivity contribution in [3.05, 3.63) is 48.0 Å². The molecule has 0 spiro atoms. The Morgan fingerprint density at radius 2 is 1.77 bits per heavy atom. The van der Waals surface area contributed by atoms with E-state index in [-0.39, 0.29) is 6.03 Å². The highest BCUT2D eigenvalue weighted by Crippen LogP contribution is 2.30. The largest absolute Gasteiger partial charge is 0.493 e. The summed E-state index contributed by atoms with van der Waals surface area (Å²) in [4.78, 5) is 19.3. The number of ether oxygens (including phenoxy) is 2. The van der Waals surface area contributed by atoms with Crippen LogP contribution in [0.4, 0.5) is 16.2 Å². The maximum Gasteiger partial charge on any atom is 0.321 e. The number of nitrogens with one attached hydrogen (secondary N) is 1. The summed E-state index contributed by atoms with van der Waals surface area (Å²) in [6.45, 7) is 12.7. The number of urea groups is 1. The van der Waals surface area contributed by atoms with Gasteiger partial charge in [-0.3, -0.25) is 4.90 Å². The number of nitriles is 1. The van der Waals surface area contributed by atoms with Gasteiger partial charge in [0.25, 0.3) is 0 Å². The molecule has 0 saturated carbocycles. The summed E-state index contributed by atoms with van der Waals surface area (Å²) in [5.41, 5.74) is 2.32. The molecule has 188 valence electrons. The SMILES string of the molecule is COc1ccc(NC(=O)N2CCN(c3cccc(C#N)c3)CC2)cc1OCCN(C(C)C)C(C)C. The summed E-state index contributed by atoms with van der Waals surface area (Å²) < 4.78 is 11.5. The van der Waals surface area contributed by atoms with Crippen LogP contribution in [0.25, 0.3) is 0 Å². The van der Waals surface area contributed by atoms with Gasteiger partial charge in [0.1, 0.15) is 6.61 Å². The van der Waals surface area contributed by atoms with E-state index in [0.29, 0.717) is 67.6 Å². The van der Waals surface area contributed by atoms with Gasteiger partial charge in [-0.15, -0.1) is 0 Å². The van der Waals surface area contributed by atoms with Crippen LogP contribution in [0.15, 0.2) is 42.5 Å². The average molecular weight is 480 g/mol. The lowest BCUT2D eigenvalue weighted by atomic mass is 10.2. The van der Waals surface area contributed by atoms with Crippen LogP contribution < -0.4 is 19.7 Å². The van der Waals surface area contributed by atoms with Crippen molar-refractivity contribution >= 4 is 17.4 Å². The van der Waals surface area contributed by atoms with Crippen LogP contribution in [0, 0.1) is 11.3 Å². The molecule has 8 nitrogen and oxygen atoms in total. The molecule has 1 aliphatic heterocycles. The maximum atomic E-state index is 12.9. The molecule has 1 heterocycles. The molecule has 2 aromatic carbocycles. The van der Waals surface area contributed by atoms with E-state index in [1.165, 1.54) is 0 Å². The number of rotatable bonds is 9. The molecule has 8 heteroatoms. The first-order valence-corrected chi connectivity index (χ1v) is 12.2. The van der Waals surface area contributed by atoms with Crippen LogP contribution in [-0.2, 0) is 0 Å². The third-order valence-electron chi connectivity index (χ3n) is 6.26. The van der Waals surface area contributed by atoms with E-state index in [1.54, 1.807) is 18.1 Å². The lowest BCUT2D eigenvalue weighted by Crippen LogP contribution is -2.50. The maximum absolute atomic E-state index is 12.9. The normalized spacial score (nSPS) is 13.8. The van der Waals surface area contributed by atoms with Gasteiger partial charge in [-0.2, -0.15) is 5.26 Å². The Morgan fingerprint density at radius 3 is 2.40 bits per heavy atom. The Hall–Kier alpha value is -3.44. The minimum Gasteiger partial charge on any atom is -0.493 e. The zero-order valence-electron chi connectivity index (χ0n) is 21.5. The molecule has 1 fully saturated rings. The lowest BCUT2D eigenvalue weighted by molar-refractivity contribution is 0.140. The zero-order valence-corrected chi connectivity index (χ0v) is 21.5. The van der Waals surface area contributed by atoms with E-state index in [2.05, 4.69) is 48.9 Å². The van der Waals surface area contributed by atoms with Crippen LogP contribution in [0.5, 0.6) is 11.5 Å². The lowest BCUT2D eigenvalue weighted by Gasteiger charge is -2.36. The highest BCUT2D eigenvalue weighted by atomic mass is 16.5. The average Bonchev–Trinajstić information content (AvgIpc) is 2.86. The van der Waals surface area contributed by atoms with Crippen LogP contribution in [-0.4, -0.2) is 74.4 Å². The predicted molar refractivity (Wildman–Crippen MR) is 139 cm³/mol. The van der Waals surface area contributed by atoms with Gasteiger partial charge in [0.05, 0.1) is 18.7 Å². The van der Waals surface area contributed by atoms with Crippen LogP contribution in [0.2, 0.25) is 0 Å². The molecule has 1 saturated heterocycles. The first-order chi connectivity index (χ1) is 16.8. The van der Waals surface area contributed by atoms with Crippen LogP contribution in [0.1, 0.15) is 33.3 Å². The number of methoxy groups -OCH3 is 1. The second kappa shape index (κ2) is 12.3. The van der Waals surface area contributed by atoms with Crippen LogP contribution in [0.3, 0.4) is 0 Å². The molecule has 3 rings (SSSR count). The Bertz CT molecular complexity index is 1020. The Kier molecular flexibility index (Phi) is 9.21. The van der Waals surface area contributed by atoms with Gasteiger partial charge >= 0.3 is 6.03 Å². The topological polar surface area (TPSA) is 81.1 Å². The van der Waals surface area contributed by atoms with Gasteiger partial charge < -0.3 is 24.6 Å². The third kappa shape index (κ3) is 7.03. The molecule has 1 N–H and O–H groups in total. The summed E-state index contributed by atoms with van der Waals surface area (Å²) in [5, 5.41) is 12.1. The molecular formula is C27H37N5O3. The molecule has 0 bridgehead atoms. The Morgan fingerprint density at radius 1 is 1.06 bits per heavy atom. The zero-order chi connectivity index (χ0) is 25.4. The number of hydrogen-bond donors (Lipinski definition) is 1. The molecule has 0 radical (unpaired) electrons. The van der Waals surface area contributed by atoms with Gasteiger partial charge in [0.2, 0.25) is 0 Å². The molecule has 0 atom stereocenters. The Labute approximate surface area is 209 Å². The van der Waals surface area contributed by atoms with Gasteiger partial charge in [0.15, 0.2) is 11.5 Å². The number of carbonyl (C=O) groups is 1. The fourth-order valence-corrected chi connectivity index (χ4v) is 4.38. The van der Waals surface area contributed by atoms with Gasteiger partial charge in [-0.25, -0.2) is 4.79 Å². The van der Waals surface area contributed by atoms with Crippen molar-refractivity contribution < 1.29 is 14.3 Å². The number of benzene rings is 2. The van der Waals surface area contributed by atoms with Crippen LogP contribution >= 0.6 is 0 Å². The number of amides is 2. The van der Waals surface area contributed by atoms with Crippen molar-refractivity contribution in [2.75, 3.05) is 56.7 Å². The standard InChI is InChI=1S/C27H37N5O3/c1-20(2)32(21(3)4)15-16-35-26-18-23(9-10-25(26)34-5)29-27(33)31-13-11-30(12-14-31)24-8-6-7-22(17-24)19-28/h6-10,17-18,20-21H,11-16H2,1-5H3,(H,29,33). The summed E-state index contributed by atoms with van der Waals surface area (Å²) in [6, 6.07) is 15.9. The third-order valence-corrected chi connectivity index (χ3v) is 6.26. The minimum atomic E-state index is -0.141. The molecule has 0 aromatic heterocycles. The van der Waals surface area contributed by atoms with Crippen molar-refractivity contribution in [3.63, 3.8) is 0 Å². The molecule has 1 aliphatic rings. The highest BCUT2D eigenvalue weighted by Gasteiger charge is 2.22. The first kappa shape index (κ1) is 26.2. The van der Waals surface area contributed by atoms with Crippen molar-refractivity contribution in [1.82, 2.24) is 9.80 Å². The van der Waals surface area contributed by atoms with Crippen molar-refractivity contribution in [2.45, 2.75) is 39.8 Å². The van der Waals surface area contributed by atoms with E-state index in [1.807, 2.05) is 36.4 Å². The molecule has 2 amide bonds. The number of hydrogen-bond acceptors (Lipinski definition) is 6. The predicted octanol–water partition coefficient (Wildman–Crippen LogP) is 4.42. The van der Waals surface area contributed by atoms with Crippen molar-refractivity contribution in [2.24, 2.45) is 0 Å². The quantitative estimate of drug-likeness (QED) is 0.574. The van der Waals surface area contributed by atoms with Gasteiger partial charge in [-0.1, -0.05) is 6.07 Å². The second-order valence-electron chi connectivity index (χ2n) is 9.21. The van der Waals surface area contributed by atoms with Gasteiger partial charge in [-0.05, 0) is 58.0 Å². The molecule has 0 aliphatic carbocycles. The van der Waals surface area contributed by atoms with E-state index in [0.717, 1.165) is 12.2 Å². The number of carbonyl (C=O) groups excluding carboxylic acids is 1. The highest BCUT2D eigenvalue weighted by molar-refractivity contribution is 5.90. The number of nitrogens with zero attached hydrogens (tertiary/aromatic N) is 4. The fraction of sp³-hybridized carbons (Fsp3) is 0.481. The van der Waals surface area contributed by atoms with E-state index < -0.39 is 0 Å². The van der Waals surface area contributed by atoms with Gasteiger partial charge in [0, 0.05) is 62.2 Å². The molecule has 0 unspecified atom stereocenters. The Balaban J connectivity index is 1.57. The summed E-state index contributed by atoms with van der Waals surface area (Å²) in [6.07, 6.45) is 0. The molecule has 35 heavy (non-hydrogen) atoms. The van der Waals surface area contributed by atoms with E-state index >= 15 is 0 Å². The molecular weight excluding hydrogens is 442 g/mol. The molecule has 2 aromatic rings. The minimum absolute atomic E-state index is 0.141. The summed E-state index contributed by atoms with van der Waals surface area (Å²) >= 11 is 0. The van der Waals surface area contributed by atoms with E-state index in [4.69, 9.17) is 14.7 Å². The van der Waals surface area contributed by atoms with Crippen molar-refractivity contribution in [1.29, 1.82) is 5.26 Å². The first-order valence-electron chi connectivity index (χ1n) is 12.2. The monoisotopic (exact) mass is 479 g/mol. The van der Waals surface area contributed by atoms with E-state index in [9.17, 15) is 4.79 Å². The number of anilines is 2. The smallest absolute Gasteiger partial charge is 0.321 e. The second-order valence-corrected chi connectivity index (χ2v) is 9.21. The summed E-state index contributed by atoms with van der Waals surface area (Å²) in [7, 11) is 1.61. The summed E-state index contributed by atoms with van der Waals surface area (Å²) in [5.74, 6) is 1.25. The van der Waals surface area contributed by atoms with Crippen molar-refractivity contribution in [3.8, 4) is 17.6 Å². The number of piperazine rings is 1.